The Morgan fingerprint density at radius 2 is 2.16 bits per heavy atom. The highest BCUT2D eigenvalue weighted by molar-refractivity contribution is 7.99. The maximum absolute atomic E-state index is 3.81. The summed E-state index contributed by atoms with van der Waals surface area (Å²) in [6.07, 6.45) is 4.61. The summed E-state index contributed by atoms with van der Waals surface area (Å²) in [5.74, 6) is 1.81. The highest BCUT2D eigenvalue weighted by atomic mass is 32.2. The van der Waals surface area contributed by atoms with Gasteiger partial charge in [-0.2, -0.15) is 0 Å². The molecule has 2 nitrogen and oxygen atoms in total. The number of nitrogens with one attached hydrogen (secondary N) is 1. The first-order valence-corrected chi connectivity index (χ1v) is 8.17. The van der Waals surface area contributed by atoms with Crippen molar-refractivity contribution < 1.29 is 0 Å². The van der Waals surface area contributed by atoms with Crippen LogP contribution in [0.2, 0.25) is 0 Å². The molecule has 2 fully saturated rings. The maximum atomic E-state index is 3.81. The lowest BCUT2D eigenvalue weighted by molar-refractivity contribution is 0.255. The van der Waals surface area contributed by atoms with Crippen molar-refractivity contribution >= 4 is 17.4 Å². The summed E-state index contributed by atoms with van der Waals surface area (Å²) in [6.45, 7) is 7.66. The fourth-order valence-corrected chi connectivity index (χ4v) is 3.96. The van der Waals surface area contributed by atoms with Crippen molar-refractivity contribution in [3.05, 3.63) is 36.9 Å². The Morgan fingerprint density at radius 1 is 1.32 bits per heavy atom. The molecule has 0 spiro atoms. The van der Waals surface area contributed by atoms with Gasteiger partial charge in [0.05, 0.1) is 0 Å². The molecule has 0 saturated carbocycles. The quantitative estimate of drug-likeness (QED) is 0.654. The molecule has 102 valence electrons. The fraction of sp³-hybridized carbons (Fsp3) is 0.500. The smallest absolute Gasteiger partial charge is 0.0480 e. The molecule has 0 radical (unpaired) electrons. The lowest BCUT2D eigenvalue weighted by Crippen LogP contribution is -2.39. The van der Waals surface area contributed by atoms with Gasteiger partial charge in [0.25, 0.3) is 0 Å². The number of benzene rings is 1. The van der Waals surface area contributed by atoms with Gasteiger partial charge in [-0.25, -0.2) is 0 Å². The van der Waals surface area contributed by atoms with Crippen LogP contribution in [0.25, 0.3) is 0 Å². The van der Waals surface area contributed by atoms with E-state index in [4.69, 9.17) is 0 Å². The van der Waals surface area contributed by atoms with E-state index in [0.717, 1.165) is 11.7 Å². The number of fused-ring (bicyclic) bond motifs is 2. The van der Waals surface area contributed by atoms with Crippen LogP contribution in [-0.2, 0) is 0 Å². The number of para-hydroxylation sites is 1. The van der Waals surface area contributed by atoms with E-state index in [-0.39, 0.29) is 0 Å². The SMILES string of the molecule is C=CCSc1ccccc1NC1CCN2CCC1C2. The van der Waals surface area contributed by atoms with Crippen molar-refractivity contribution in [3.8, 4) is 0 Å². The second kappa shape index (κ2) is 6.02. The van der Waals surface area contributed by atoms with E-state index in [0.29, 0.717) is 6.04 Å². The molecule has 19 heavy (non-hydrogen) atoms. The van der Waals surface area contributed by atoms with Gasteiger partial charge in [-0.15, -0.1) is 18.3 Å². The Balaban J connectivity index is 1.70. The molecule has 3 heteroatoms. The highest BCUT2D eigenvalue weighted by Crippen LogP contribution is 2.33. The van der Waals surface area contributed by atoms with Gasteiger partial charge in [0.15, 0.2) is 0 Å². The van der Waals surface area contributed by atoms with Crippen molar-refractivity contribution in [3.63, 3.8) is 0 Å². The van der Waals surface area contributed by atoms with Crippen molar-refractivity contribution in [2.75, 3.05) is 30.7 Å². The van der Waals surface area contributed by atoms with Gasteiger partial charge >= 0.3 is 0 Å². The van der Waals surface area contributed by atoms with Crippen LogP contribution in [0.3, 0.4) is 0 Å². The first-order valence-electron chi connectivity index (χ1n) is 7.18. The number of thioether (sulfide) groups is 1. The van der Waals surface area contributed by atoms with E-state index in [1.165, 1.54) is 43.1 Å². The summed E-state index contributed by atoms with van der Waals surface area (Å²) in [6, 6.07) is 9.33. The van der Waals surface area contributed by atoms with Crippen LogP contribution < -0.4 is 5.32 Å². The number of rotatable bonds is 5. The van der Waals surface area contributed by atoms with E-state index < -0.39 is 0 Å². The Hall–Kier alpha value is -0.930. The molecule has 3 atom stereocenters. The Bertz CT molecular complexity index is 446. The molecule has 2 bridgehead atoms. The Morgan fingerprint density at radius 3 is 3.05 bits per heavy atom. The molecule has 0 aromatic heterocycles. The maximum Gasteiger partial charge on any atom is 0.0480 e. The van der Waals surface area contributed by atoms with Gasteiger partial charge in [0, 0.05) is 35.5 Å². The molecule has 0 amide bonds. The molecule has 1 aromatic carbocycles. The number of hydrogen-bond acceptors (Lipinski definition) is 3. The van der Waals surface area contributed by atoms with Gasteiger partial charge in [0.2, 0.25) is 0 Å². The normalized spacial score (nSPS) is 29.2. The summed E-state index contributed by atoms with van der Waals surface area (Å²) in [4.78, 5) is 3.95. The first-order chi connectivity index (χ1) is 9.36. The Kier molecular flexibility index (Phi) is 4.14. The average molecular weight is 274 g/mol. The van der Waals surface area contributed by atoms with E-state index >= 15 is 0 Å². The van der Waals surface area contributed by atoms with Crippen molar-refractivity contribution in [1.29, 1.82) is 0 Å². The first kappa shape index (κ1) is 13.1. The third kappa shape index (κ3) is 2.98. The van der Waals surface area contributed by atoms with E-state index in [1.54, 1.807) is 0 Å². The predicted octanol–water partition coefficient (Wildman–Crippen LogP) is 3.47. The van der Waals surface area contributed by atoms with Crippen LogP contribution in [0.5, 0.6) is 0 Å². The zero-order chi connectivity index (χ0) is 13.1. The standard InChI is InChI=1S/C16H22N2S/c1-2-11-19-16-6-4-3-5-15(16)17-14-8-10-18-9-7-13(14)12-18/h2-6,13-14,17H,1,7-12H2. The summed E-state index contributed by atoms with van der Waals surface area (Å²) < 4.78 is 0. The minimum Gasteiger partial charge on any atom is -0.381 e. The van der Waals surface area contributed by atoms with Crippen LogP contribution in [0, 0.1) is 5.92 Å². The minimum atomic E-state index is 0.657. The second-order valence-electron chi connectivity index (χ2n) is 5.48. The minimum absolute atomic E-state index is 0.657. The van der Waals surface area contributed by atoms with E-state index in [9.17, 15) is 0 Å². The van der Waals surface area contributed by atoms with Crippen LogP contribution in [-0.4, -0.2) is 36.3 Å². The third-order valence-electron chi connectivity index (χ3n) is 4.22. The zero-order valence-corrected chi connectivity index (χ0v) is 12.2. The van der Waals surface area contributed by atoms with Gasteiger partial charge < -0.3 is 10.2 Å². The number of piperidine rings is 1. The second-order valence-corrected chi connectivity index (χ2v) is 6.55. The molecule has 2 aliphatic rings. The number of hydrogen-bond donors (Lipinski definition) is 1. The summed E-state index contributed by atoms with van der Waals surface area (Å²) in [5, 5.41) is 3.80. The molecule has 3 rings (SSSR count). The number of anilines is 1. The molecule has 1 aromatic rings. The van der Waals surface area contributed by atoms with E-state index in [2.05, 4.69) is 41.1 Å². The van der Waals surface area contributed by atoms with Crippen LogP contribution in [0.4, 0.5) is 5.69 Å². The fourth-order valence-electron chi connectivity index (χ4n) is 3.20. The topological polar surface area (TPSA) is 15.3 Å². The molecule has 2 saturated heterocycles. The third-order valence-corrected chi connectivity index (χ3v) is 5.29. The van der Waals surface area contributed by atoms with Crippen LogP contribution >= 0.6 is 11.8 Å². The average Bonchev–Trinajstić information content (AvgIpc) is 2.84. The summed E-state index contributed by atoms with van der Waals surface area (Å²) in [7, 11) is 0. The van der Waals surface area contributed by atoms with Gasteiger partial charge in [-0.1, -0.05) is 18.2 Å². The van der Waals surface area contributed by atoms with Crippen molar-refractivity contribution in [2.24, 2.45) is 5.92 Å². The summed E-state index contributed by atoms with van der Waals surface area (Å²) >= 11 is 1.86. The largest absolute Gasteiger partial charge is 0.381 e. The predicted molar refractivity (Wildman–Crippen MR) is 83.9 cm³/mol. The molecular weight excluding hydrogens is 252 g/mol. The molecular formula is C16H22N2S. The highest BCUT2D eigenvalue weighted by Gasteiger charge is 2.34. The Labute approximate surface area is 120 Å². The molecule has 1 N–H and O–H groups in total. The van der Waals surface area contributed by atoms with Crippen molar-refractivity contribution in [1.82, 2.24) is 4.90 Å². The van der Waals surface area contributed by atoms with Gasteiger partial charge in [-0.05, 0) is 37.4 Å². The molecule has 2 aliphatic heterocycles. The molecule has 3 unspecified atom stereocenters. The van der Waals surface area contributed by atoms with Gasteiger partial charge in [-0.3, -0.25) is 0 Å². The van der Waals surface area contributed by atoms with E-state index in [1.807, 2.05) is 17.8 Å². The lowest BCUT2D eigenvalue weighted by atomic mass is 9.94. The molecule has 0 aliphatic carbocycles. The van der Waals surface area contributed by atoms with Gasteiger partial charge in [0.1, 0.15) is 0 Å². The zero-order valence-electron chi connectivity index (χ0n) is 11.3. The van der Waals surface area contributed by atoms with Crippen LogP contribution in [0.1, 0.15) is 12.8 Å². The lowest BCUT2D eigenvalue weighted by Gasteiger charge is -2.32. The monoisotopic (exact) mass is 274 g/mol. The van der Waals surface area contributed by atoms with Crippen LogP contribution in [0.15, 0.2) is 41.8 Å². The number of nitrogens with zero attached hydrogens (tertiary/aromatic N) is 1. The molecule has 2 heterocycles. The van der Waals surface area contributed by atoms with Crippen molar-refractivity contribution in [2.45, 2.75) is 23.8 Å². The summed E-state index contributed by atoms with van der Waals surface area (Å²) in [5.41, 5.74) is 1.31.